The predicted octanol–water partition coefficient (Wildman–Crippen LogP) is 3.87. The molecule has 0 spiro atoms. The van der Waals surface area contributed by atoms with E-state index in [4.69, 9.17) is 0 Å². The first-order valence-electron chi connectivity index (χ1n) is 4.41. The minimum atomic E-state index is 0. The third-order valence-electron chi connectivity index (χ3n) is 1.71. The van der Waals surface area contributed by atoms with E-state index >= 15 is 0 Å². The summed E-state index contributed by atoms with van der Waals surface area (Å²) in [6.07, 6.45) is 9.97. The van der Waals surface area contributed by atoms with Crippen LogP contribution in [0.25, 0.3) is 0 Å². The van der Waals surface area contributed by atoms with Gasteiger partial charge in [0.25, 0.3) is 0 Å². The molecule has 0 aromatic rings. The van der Waals surface area contributed by atoms with Gasteiger partial charge in [0.2, 0.25) is 0 Å². The number of rotatable bonds is 6. The van der Waals surface area contributed by atoms with Gasteiger partial charge in [-0.3, -0.25) is 0 Å². The van der Waals surface area contributed by atoms with E-state index in [1.165, 1.54) is 44.9 Å². The van der Waals surface area contributed by atoms with Crippen molar-refractivity contribution in [2.24, 2.45) is 0 Å². The van der Waals surface area contributed by atoms with Gasteiger partial charge in [-0.15, -0.1) is 0 Å². The Kier molecular flexibility index (Phi) is 15.7. The molecule has 0 radical (unpaired) electrons. The average molecular weight is 162 g/mol. The molecule has 0 amide bonds. The van der Waals surface area contributed by atoms with E-state index in [0.29, 0.717) is 0 Å². The van der Waals surface area contributed by atoms with Gasteiger partial charge in [-0.25, -0.2) is 0 Å². The van der Waals surface area contributed by atoms with Crippen LogP contribution in [0.1, 0.15) is 58.8 Å². The second-order valence-electron chi connectivity index (χ2n) is 2.77. The molecule has 64 valence electrons. The van der Waals surface area contributed by atoms with Gasteiger partial charge in [-0.2, -0.15) is 13.5 Å². The molecule has 0 aromatic heterocycles. The topological polar surface area (TPSA) is 0 Å². The fraction of sp³-hybridized carbons (Fsp3) is 1.00. The van der Waals surface area contributed by atoms with Crippen molar-refractivity contribution in [3.8, 4) is 0 Å². The Labute approximate surface area is 72.9 Å². The van der Waals surface area contributed by atoms with Gasteiger partial charge in [0.05, 0.1) is 0 Å². The highest BCUT2D eigenvalue weighted by atomic mass is 32.1. The van der Waals surface area contributed by atoms with Crippen molar-refractivity contribution in [1.29, 1.82) is 0 Å². The third kappa shape index (κ3) is 11.2. The molecule has 0 aromatic carbocycles. The lowest BCUT2D eigenvalue weighted by molar-refractivity contribution is 0.602. The summed E-state index contributed by atoms with van der Waals surface area (Å²) < 4.78 is 0. The summed E-state index contributed by atoms with van der Waals surface area (Å²) in [6, 6.07) is 0. The SMILES string of the molecule is CCCCCCCCC.S. The Morgan fingerprint density at radius 1 is 0.600 bits per heavy atom. The van der Waals surface area contributed by atoms with E-state index < -0.39 is 0 Å². The zero-order valence-corrected chi connectivity index (χ0v) is 8.45. The molecular weight excluding hydrogens is 140 g/mol. The molecule has 0 aliphatic carbocycles. The second kappa shape index (κ2) is 12.1. The molecule has 1 heteroatoms. The summed E-state index contributed by atoms with van der Waals surface area (Å²) in [5.41, 5.74) is 0. The maximum atomic E-state index is 2.26. The largest absolute Gasteiger partial charge is 0.197 e. The lowest BCUT2D eigenvalue weighted by atomic mass is 10.1. The molecule has 0 rings (SSSR count). The van der Waals surface area contributed by atoms with Crippen LogP contribution in [0.3, 0.4) is 0 Å². The van der Waals surface area contributed by atoms with Crippen LogP contribution in [0.5, 0.6) is 0 Å². The van der Waals surface area contributed by atoms with Gasteiger partial charge in [-0.1, -0.05) is 58.8 Å². The molecule has 0 unspecified atom stereocenters. The molecule has 0 aliphatic heterocycles. The fourth-order valence-electron chi connectivity index (χ4n) is 1.03. The number of hydrogen-bond donors (Lipinski definition) is 0. The lowest BCUT2D eigenvalue weighted by Crippen LogP contribution is -1.76. The molecule has 0 bridgehead atoms. The molecule has 0 nitrogen and oxygen atoms in total. The van der Waals surface area contributed by atoms with Crippen molar-refractivity contribution in [2.75, 3.05) is 0 Å². The van der Waals surface area contributed by atoms with E-state index in [9.17, 15) is 0 Å². The molecule has 10 heavy (non-hydrogen) atoms. The smallest absolute Gasteiger partial charge is 0.0533 e. The quantitative estimate of drug-likeness (QED) is 0.520. The van der Waals surface area contributed by atoms with Gasteiger partial charge in [0.1, 0.15) is 0 Å². The van der Waals surface area contributed by atoms with Crippen molar-refractivity contribution >= 4 is 13.5 Å². The van der Waals surface area contributed by atoms with E-state index in [0.717, 1.165) is 0 Å². The van der Waals surface area contributed by atoms with Crippen LogP contribution in [0.2, 0.25) is 0 Å². The molecular formula is C9H22S. The maximum absolute atomic E-state index is 2.26. The minimum Gasteiger partial charge on any atom is -0.197 e. The van der Waals surface area contributed by atoms with E-state index in [1.807, 2.05) is 0 Å². The van der Waals surface area contributed by atoms with Crippen LogP contribution in [0, 0.1) is 0 Å². The minimum absolute atomic E-state index is 0. The molecule has 0 fully saturated rings. The van der Waals surface area contributed by atoms with Crippen molar-refractivity contribution < 1.29 is 0 Å². The highest BCUT2D eigenvalue weighted by Crippen LogP contribution is 2.05. The Balaban J connectivity index is 0. The van der Waals surface area contributed by atoms with Gasteiger partial charge in [-0.05, 0) is 0 Å². The summed E-state index contributed by atoms with van der Waals surface area (Å²) in [7, 11) is 0. The summed E-state index contributed by atoms with van der Waals surface area (Å²) in [5.74, 6) is 0. The zero-order chi connectivity index (χ0) is 6.95. The summed E-state index contributed by atoms with van der Waals surface area (Å²) in [6.45, 7) is 4.53. The van der Waals surface area contributed by atoms with Crippen LogP contribution in [-0.4, -0.2) is 0 Å². The van der Waals surface area contributed by atoms with Gasteiger partial charge < -0.3 is 0 Å². The van der Waals surface area contributed by atoms with Crippen LogP contribution < -0.4 is 0 Å². The normalized spacial score (nSPS) is 9.00. The van der Waals surface area contributed by atoms with Crippen LogP contribution in [-0.2, 0) is 0 Å². The summed E-state index contributed by atoms with van der Waals surface area (Å²) in [4.78, 5) is 0. The fourth-order valence-corrected chi connectivity index (χ4v) is 1.03. The number of unbranched alkanes of at least 4 members (excludes halogenated alkanes) is 6. The Bertz CT molecular complexity index is 38.0. The Hall–Kier alpha value is 0.350. The first kappa shape index (κ1) is 13.0. The highest BCUT2D eigenvalue weighted by molar-refractivity contribution is 7.59. The van der Waals surface area contributed by atoms with Crippen LogP contribution in [0.4, 0.5) is 0 Å². The maximum Gasteiger partial charge on any atom is -0.0533 e. The summed E-state index contributed by atoms with van der Waals surface area (Å²) in [5, 5.41) is 0. The first-order valence-corrected chi connectivity index (χ1v) is 4.41. The van der Waals surface area contributed by atoms with Gasteiger partial charge in [0.15, 0.2) is 0 Å². The monoisotopic (exact) mass is 162 g/mol. The lowest BCUT2D eigenvalue weighted by Gasteiger charge is -1.96. The van der Waals surface area contributed by atoms with Crippen molar-refractivity contribution in [3.05, 3.63) is 0 Å². The van der Waals surface area contributed by atoms with Gasteiger partial charge in [0, 0.05) is 0 Å². The highest BCUT2D eigenvalue weighted by Gasteiger charge is 1.85. The number of hydrogen-bond acceptors (Lipinski definition) is 0. The molecule has 0 atom stereocenters. The molecule has 0 saturated carbocycles. The zero-order valence-electron chi connectivity index (χ0n) is 7.45. The standard InChI is InChI=1S/C9H20.H2S/c1-3-5-7-9-8-6-4-2;/h3-9H2,1-2H3;1H2. The predicted molar refractivity (Wildman–Crippen MR) is 54.0 cm³/mol. The van der Waals surface area contributed by atoms with E-state index in [-0.39, 0.29) is 13.5 Å². The van der Waals surface area contributed by atoms with Crippen molar-refractivity contribution in [1.82, 2.24) is 0 Å². The summed E-state index contributed by atoms with van der Waals surface area (Å²) >= 11 is 0. The van der Waals surface area contributed by atoms with E-state index in [2.05, 4.69) is 13.8 Å². The molecule has 0 heterocycles. The van der Waals surface area contributed by atoms with Crippen molar-refractivity contribution in [2.45, 2.75) is 58.8 Å². The Morgan fingerprint density at radius 3 is 1.20 bits per heavy atom. The average Bonchev–Trinajstić information content (AvgIpc) is 1.89. The van der Waals surface area contributed by atoms with Crippen LogP contribution >= 0.6 is 13.5 Å². The Morgan fingerprint density at radius 2 is 0.900 bits per heavy atom. The second-order valence-corrected chi connectivity index (χ2v) is 2.77. The molecule has 0 aliphatic rings. The van der Waals surface area contributed by atoms with E-state index in [1.54, 1.807) is 0 Å². The van der Waals surface area contributed by atoms with Crippen molar-refractivity contribution in [3.63, 3.8) is 0 Å². The first-order chi connectivity index (χ1) is 4.41. The molecule has 0 N–H and O–H groups in total. The molecule has 0 saturated heterocycles. The van der Waals surface area contributed by atoms with Gasteiger partial charge >= 0.3 is 0 Å². The van der Waals surface area contributed by atoms with Crippen LogP contribution in [0.15, 0.2) is 0 Å². The third-order valence-corrected chi connectivity index (χ3v) is 1.71.